The highest BCUT2D eigenvalue weighted by atomic mass is 35.5. The van der Waals surface area contributed by atoms with Gasteiger partial charge >= 0.3 is 0 Å². The van der Waals surface area contributed by atoms with Gasteiger partial charge in [-0.15, -0.1) is 11.6 Å². The normalized spacial score (nSPS) is 12.2. The Morgan fingerprint density at radius 1 is 1.50 bits per heavy atom. The van der Waals surface area contributed by atoms with Gasteiger partial charge in [-0.1, -0.05) is 6.92 Å². The summed E-state index contributed by atoms with van der Waals surface area (Å²) in [6.45, 7) is 4.64. The quantitative estimate of drug-likeness (QED) is 0.748. The average Bonchev–Trinajstić information content (AvgIpc) is 2.29. The zero-order valence-corrected chi connectivity index (χ0v) is 10.5. The molecule has 1 unspecified atom stereocenters. The van der Waals surface area contributed by atoms with E-state index < -0.39 is 0 Å². The fourth-order valence-electron chi connectivity index (χ4n) is 1.33. The lowest BCUT2D eigenvalue weighted by molar-refractivity contribution is 0.326. The predicted molar refractivity (Wildman–Crippen MR) is 66.2 cm³/mol. The molecule has 0 aliphatic rings. The van der Waals surface area contributed by atoms with Crippen LogP contribution >= 0.6 is 11.6 Å². The zero-order valence-electron chi connectivity index (χ0n) is 9.74. The summed E-state index contributed by atoms with van der Waals surface area (Å²) < 4.78 is 5.30. The van der Waals surface area contributed by atoms with Crippen molar-refractivity contribution in [1.82, 2.24) is 9.97 Å². The van der Waals surface area contributed by atoms with Gasteiger partial charge in [0.2, 0.25) is 11.8 Å². The highest BCUT2D eigenvalue weighted by Gasteiger charge is 2.07. The second-order valence-electron chi connectivity index (χ2n) is 3.38. The Morgan fingerprint density at radius 3 is 2.94 bits per heavy atom. The molecule has 0 saturated carbocycles. The predicted octanol–water partition coefficient (Wildman–Crippen LogP) is 2.69. The number of ether oxygens (including phenoxy) is 1. The number of rotatable bonds is 7. The molecule has 0 fully saturated rings. The first-order valence-electron chi connectivity index (χ1n) is 5.58. The number of aromatic nitrogens is 2. The summed E-state index contributed by atoms with van der Waals surface area (Å²) in [4.78, 5) is 8.39. The molecule has 0 bridgehead atoms. The summed E-state index contributed by atoms with van der Waals surface area (Å²) >= 11 is 5.72. The second kappa shape index (κ2) is 7.28. The number of anilines is 1. The summed E-state index contributed by atoms with van der Waals surface area (Å²) in [6, 6.07) is 2.06. The van der Waals surface area contributed by atoms with Crippen LogP contribution in [0.5, 0.6) is 5.88 Å². The van der Waals surface area contributed by atoms with E-state index in [1.807, 2.05) is 6.92 Å². The van der Waals surface area contributed by atoms with E-state index in [2.05, 4.69) is 22.2 Å². The molecule has 90 valence electrons. The third-order valence-corrected chi connectivity index (χ3v) is 2.42. The number of hydrogen-bond acceptors (Lipinski definition) is 4. The molecule has 1 aromatic heterocycles. The molecular weight excluding hydrogens is 226 g/mol. The minimum atomic E-state index is 0.314. The van der Waals surface area contributed by atoms with E-state index in [-0.39, 0.29) is 0 Å². The van der Waals surface area contributed by atoms with Gasteiger partial charge in [-0.05, 0) is 19.8 Å². The number of hydrogen-bond donors (Lipinski definition) is 1. The molecule has 16 heavy (non-hydrogen) atoms. The van der Waals surface area contributed by atoms with Gasteiger partial charge in [-0.2, -0.15) is 4.98 Å². The maximum absolute atomic E-state index is 5.72. The van der Waals surface area contributed by atoms with Gasteiger partial charge in [-0.25, -0.2) is 4.98 Å². The molecule has 1 aromatic rings. The van der Waals surface area contributed by atoms with Crippen molar-refractivity contribution in [3.63, 3.8) is 0 Å². The summed E-state index contributed by atoms with van der Waals surface area (Å²) in [5.74, 6) is 1.83. The van der Waals surface area contributed by atoms with Crippen LogP contribution in [-0.2, 0) is 0 Å². The van der Waals surface area contributed by atoms with Crippen LogP contribution in [-0.4, -0.2) is 28.5 Å². The van der Waals surface area contributed by atoms with Crippen LogP contribution in [0, 0.1) is 0 Å². The molecule has 0 aliphatic heterocycles. The van der Waals surface area contributed by atoms with Crippen molar-refractivity contribution >= 4 is 17.5 Å². The molecule has 0 saturated heterocycles. The van der Waals surface area contributed by atoms with E-state index in [1.54, 1.807) is 12.3 Å². The molecule has 1 atom stereocenters. The molecule has 0 radical (unpaired) electrons. The molecule has 1 heterocycles. The van der Waals surface area contributed by atoms with Crippen molar-refractivity contribution < 1.29 is 4.74 Å². The highest BCUT2D eigenvalue weighted by molar-refractivity contribution is 6.17. The first-order chi connectivity index (χ1) is 7.80. The van der Waals surface area contributed by atoms with E-state index in [9.17, 15) is 0 Å². The van der Waals surface area contributed by atoms with Crippen LogP contribution in [0.1, 0.15) is 26.7 Å². The smallest absolute Gasteiger partial charge is 0.226 e. The SMILES string of the molecule is CCOc1ccnc(NC(CC)CCCl)n1. The van der Waals surface area contributed by atoms with E-state index in [4.69, 9.17) is 16.3 Å². The molecular formula is C11H18ClN3O. The van der Waals surface area contributed by atoms with Gasteiger partial charge in [0.1, 0.15) is 0 Å². The Labute approximate surface area is 101 Å². The fraction of sp³-hybridized carbons (Fsp3) is 0.636. The van der Waals surface area contributed by atoms with Gasteiger partial charge < -0.3 is 10.1 Å². The number of halogens is 1. The highest BCUT2D eigenvalue weighted by Crippen LogP contribution is 2.11. The van der Waals surface area contributed by atoms with Gasteiger partial charge in [-0.3, -0.25) is 0 Å². The molecule has 0 amide bonds. The lowest BCUT2D eigenvalue weighted by atomic mass is 10.2. The molecule has 0 aromatic carbocycles. The Hall–Kier alpha value is -1.03. The lowest BCUT2D eigenvalue weighted by Crippen LogP contribution is -2.20. The minimum Gasteiger partial charge on any atom is -0.478 e. The molecule has 5 heteroatoms. The van der Waals surface area contributed by atoms with Crippen LogP contribution < -0.4 is 10.1 Å². The van der Waals surface area contributed by atoms with Gasteiger partial charge in [0.25, 0.3) is 0 Å². The van der Waals surface area contributed by atoms with Crippen LogP contribution in [0.25, 0.3) is 0 Å². The summed E-state index contributed by atoms with van der Waals surface area (Å²) in [5, 5.41) is 3.24. The van der Waals surface area contributed by atoms with Crippen molar-refractivity contribution in [2.75, 3.05) is 17.8 Å². The van der Waals surface area contributed by atoms with Crippen molar-refractivity contribution in [2.45, 2.75) is 32.7 Å². The molecule has 0 aliphatic carbocycles. The van der Waals surface area contributed by atoms with Crippen LogP contribution in [0.4, 0.5) is 5.95 Å². The second-order valence-corrected chi connectivity index (χ2v) is 3.76. The van der Waals surface area contributed by atoms with Crippen LogP contribution in [0.2, 0.25) is 0 Å². The van der Waals surface area contributed by atoms with Gasteiger partial charge in [0.05, 0.1) is 6.61 Å². The number of nitrogens with one attached hydrogen (secondary N) is 1. The van der Waals surface area contributed by atoms with E-state index >= 15 is 0 Å². The monoisotopic (exact) mass is 243 g/mol. The summed E-state index contributed by atoms with van der Waals surface area (Å²) in [7, 11) is 0. The first kappa shape index (κ1) is 13.0. The summed E-state index contributed by atoms with van der Waals surface area (Å²) in [6.07, 6.45) is 3.59. The minimum absolute atomic E-state index is 0.314. The number of nitrogens with zero attached hydrogens (tertiary/aromatic N) is 2. The van der Waals surface area contributed by atoms with Crippen molar-refractivity contribution in [3.8, 4) is 5.88 Å². The third kappa shape index (κ3) is 4.23. The van der Waals surface area contributed by atoms with Gasteiger partial charge in [0, 0.05) is 24.2 Å². The van der Waals surface area contributed by atoms with Gasteiger partial charge in [0.15, 0.2) is 0 Å². The molecule has 1 N–H and O–H groups in total. The van der Waals surface area contributed by atoms with E-state index in [0.29, 0.717) is 30.4 Å². The summed E-state index contributed by atoms with van der Waals surface area (Å²) in [5.41, 5.74) is 0. The molecule has 4 nitrogen and oxygen atoms in total. The maximum Gasteiger partial charge on any atom is 0.226 e. The van der Waals surface area contributed by atoms with Crippen molar-refractivity contribution in [1.29, 1.82) is 0 Å². The van der Waals surface area contributed by atoms with E-state index in [1.165, 1.54) is 0 Å². The fourth-order valence-corrected chi connectivity index (χ4v) is 1.60. The molecule has 1 rings (SSSR count). The first-order valence-corrected chi connectivity index (χ1v) is 6.11. The Morgan fingerprint density at radius 2 is 2.31 bits per heavy atom. The van der Waals surface area contributed by atoms with Crippen molar-refractivity contribution in [2.24, 2.45) is 0 Å². The zero-order chi connectivity index (χ0) is 11.8. The third-order valence-electron chi connectivity index (χ3n) is 2.21. The Balaban J connectivity index is 2.60. The van der Waals surface area contributed by atoms with Crippen molar-refractivity contribution in [3.05, 3.63) is 12.3 Å². The topological polar surface area (TPSA) is 47.0 Å². The average molecular weight is 244 g/mol. The Bertz CT molecular complexity index is 309. The molecule has 0 spiro atoms. The standard InChI is InChI=1S/C11H18ClN3O/c1-3-9(5-7-12)14-11-13-8-6-10(15-11)16-4-2/h6,8-9H,3-5,7H2,1-2H3,(H,13,14,15). The number of alkyl halides is 1. The Kier molecular flexibility index (Phi) is 5.93. The largest absolute Gasteiger partial charge is 0.478 e. The lowest BCUT2D eigenvalue weighted by Gasteiger charge is -2.15. The van der Waals surface area contributed by atoms with Crippen LogP contribution in [0.3, 0.4) is 0 Å². The van der Waals surface area contributed by atoms with Crippen LogP contribution in [0.15, 0.2) is 12.3 Å². The van der Waals surface area contributed by atoms with E-state index in [0.717, 1.165) is 12.8 Å². The maximum atomic E-state index is 5.72.